The lowest BCUT2D eigenvalue weighted by molar-refractivity contribution is 0.104. The van der Waals surface area contributed by atoms with Gasteiger partial charge in [-0.05, 0) is 31.5 Å². The van der Waals surface area contributed by atoms with Gasteiger partial charge in [0.1, 0.15) is 5.75 Å². The molecule has 0 aromatic heterocycles. The van der Waals surface area contributed by atoms with Crippen LogP contribution in [-0.4, -0.2) is 44.0 Å². The van der Waals surface area contributed by atoms with Gasteiger partial charge in [0.05, 0.1) is 12.8 Å². The Balaban J connectivity index is 1.60. The molecule has 2 aromatic carbocycles. The van der Waals surface area contributed by atoms with Crippen LogP contribution in [0.15, 0.2) is 54.7 Å². The summed E-state index contributed by atoms with van der Waals surface area (Å²) in [5, 5.41) is 0. The van der Waals surface area contributed by atoms with E-state index in [0.717, 1.165) is 48.7 Å². The highest BCUT2D eigenvalue weighted by molar-refractivity contribution is 6.05. The van der Waals surface area contributed by atoms with Gasteiger partial charge in [-0.2, -0.15) is 0 Å². The molecule has 1 aliphatic rings. The number of aryl methyl sites for hydroxylation is 2. The highest BCUT2D eigenvalue weighted by Crippen LogP contribution is 2.28. The van der Waals surface area contributed by atoms with E-state index >= 15 is 0 Å². The fraction of sp³-hybridized carbons (Fsp3) is 0.318. The first kappa shape index (κ1) is 18.1. The fourth-order valence-electron chi connectivity index (χ4n) is 3.36. The number of allylic oxidation sites excluding steroid dienone is 1. The van der Waals surface area contributed by atoms with Crippen molar-refractivity contribution in [2.24, 2.45) is 0 Å². The van der Waals surface area contributed by atoms with Crippen LogP contribution in [0.4, 0.5) is 5.69 Å². The zero-order valence-electron chi connectivity index (χ0n) is 15.7. The van der Waals surface area contributed by atoms with Gasteiger partial charge >= 0.3 is 0 Å². The summed E-state index contributed by atoms with van der Waals surface area (Å²) in [4.78, 5) is 17.0. The summed E-state index contributed by atoms with van der Waals surface area (Å²) < 4.78 is 5.46. The Labute approximate surface area is 155 Å². The van der Waals surface area contributed by atoms with Crippen LogP contribution >= 0.6 is 0 Å². The molecule has 0 spiro atoms. The number of carbonyl (C=O) groups is 1. The van der Waals surface area contributed by atoms with Gasteiger partial charge in [0.2, 0.25) is 0 Å². The molecular weight excluding hydrogens is 324 g/mol. The van der Waals surface area contributed by atoms with Crippen LogP contribution in [0.25, 0.3) is 0 Å². The molecule has 2 aromatic rings. The van der Waals surface area contributed by atoms with Crippen LogP contribution in [0.1, 0.15) is 21.5 Å². The van der Waals surface area contributed by atoms with Gasteiger partial charge in [-0.25, -0.2) is 0 Å². The first-order valence-electron chi connectivity index (χ1n) is 9.00. The summed E-state index contributed by atoms with van der Waals surface area (Å²) >= 11 is 0. The van der Waals surface area contributed by atoms with Crippen molar-refractivity contribution in [2.75, 3.05) is 38.2 Å². The number of ether oxygens (including phenoxy) is 1. The number of ketones is 1. The number of hydrogen-bond acceptors (Lipinski definition) is 4. The van der Waals surface area contributed by atoms with Gasteiger partial charge in [-0.3, -0.25) is 4.79 Å². The number of para-hydroxylation sites is 2. The van der Waals surface area contributed by atoms with E-state index < -0.39 is 0 Å². The Morgan fingerprint density at radius 1 is 1.04 bits per heavy atom. The number of nitrogens with zero attached hydrogens (tertiary/aromatic N) is 2. The smallest absolute Gasteiger partial charge is 0.187 e. The second-order valence-corrected chi connectivity index (χ2v) is 6.69. The number of piperazine rings is 1. The van der Waals surface area contributed by atoms with E-state index in [4.69, 9.17) is 4.74 Å². The topological polar surface area (TPSA) is 32.8 Å². The number of hydrogen-bond donors (Lipinski definition) is 0. The lowest BCUT2D eigenvalue weighted by Gasteiger charge is -2.36. The fourth-order valence-corrected chi connectivity index (χ4v) is 3.36. The first-order valence-corrected chi connectivity index (χ1v) is 9.00. The third kappa shape index (κ3) is 4.07. The molecule has 0 amide bonds. The lowest BCUT2D eigenvalue weighted by Crippen LogP contribution is -2.44. The van der Waals surface area contributed by atoms with Gasteiger partial charge in [-0.1, -0.05) is 35.9 Å². The zero-order valence-corrected chi connectivity index (χ0v) is 15.7. The summed E-state index contributed by atoms with van der Waals surface area (Å²) in [5.74, 6) is 0.969. The van der Waals surface area contributed by atoms with Gasteiger partial charge in [-0.15, -0.1) is 0 Å². The molecule has 1 heterocycles. The summed E-state index contributed by atoms with van der Waals surface area (Å²) in [6.45, 7) is 7.60. The van der Waals surface area contributed by atoms with Gasteiger partial charge in [0.15, 0.2) is 5.78 Å². The highest BCUT2D eigenvalue weighted by Gasteiger charge is 2.18. The molecule has 4 nitrogen and oxygen atoms in total. The van der Waals surface area contributed by atoms with Crippen molar-refractivity contribution in [1.29, 1.82) is 0 Å². The van der Waals surface area contributed by atoms with E-state index in [9.17, 15) is 4.79 Å². The predicted octanol–water partition coefficient (Wildman–Crippen LogP) is 3.83. The Bertz CT molecular complexity index is 806. The minimum atomic E-state index is 0.0645. The first-order chi connectivity index (χ1) is 12.6. The largest absolute Gasteiger partial charge is 0.495 e. The van der Waals surface area contributed by atoms with Crippen LogP contribution in [0.3, 0.4) is 0 Å². The molecular formula is C22H26N2O2. The van der Waals surface area contributed by atoms with Gasteiger partial charge in [0, 0.05) is 44.0 Å². The van der Waals surface area contributed by atoms with Crippen LogP contribution in [-0.2, 0) is 0 Å². The Kier molecular flexibility index (Phi) is 5.61. The molecule has 0 saturated carbocycles. The van der Waals surface area contributed by atoms with E-state index in [1.165, 1.54) is 5.56 Å². The predicted molar refractivity (Wildman–Crippen MR) is 106 cm³/mol. The minimum Gasteiger partial charge on any atom is -0.495 e. The maximum Gasteiger partial charge on any atom is 0.187 e. The molecule has 0 unspecified atom stereocenters. The normalized spacial score (nSPS) is 14.7. The Hall–Kier alpha value is -2.75. The molecule has 26 heavy (non-hydrogen) atoms. The number of benzene rings is 2. The standard InChI is InChI=1S/C22H26N2O2/c1-17-8-9-19(18(2)16-17)21(25)10-11-23-12-14-24(15-13-23)20-6-4-5-7-22(20)26-3/h4-11,16H,12-15H2,1-3H3. The van der Waals surface area contributed by atoms with Crippen molar-refractivity contribution in [3.8, 4) is 5.75 Å². The minimum absolute atomic E-state index is 0.0645. The lowest BCUT2D eigenvalue weighted by atomic mass is 10.0. The average molecular weight is 350 g/mol. The van der Waals surface area contributed by atoms with Crippen LogP contribution < -0.4 is 9.64 Å². The number of rotatable bonds is 5. The monoisotopic (exact) mass is 350 g/mol. The summed E-state index contributed by atoms with van der Waals surface area (Å²) in [6, 6.07) is 14.1. The molecule has 0 atom stereocenters. The maximum absolute atomic E-state index is 12.4. The van der Waals surface area contributed by atoms with E-state index in [2.05, 4.69) is 15.9 Å². The quantitative estimate of drug-likeness (QED) is 0.606. The van der Waals surface area contributed by atoms with Crippen molar-refractivity contribution in [3.63, 3.8) is 0 Å². The number of methoxy groups -OCH3 is 1. The third-order valence-corrected chi connectivity index (χ3v) is 4.82. The maximum atomic E-state index is 12.4. The zero-order chi connectivity index (χ0) is 18.5. The van der Waals surface area contributed by atoms with Gasteiger partial charge < -0.3 is 14.5 Å². The molecule has 3 rings (SSSR count). The Morgan fingerprint density at radius 2 is 1.77 bits per heavy atom. The van der Waals surface area contributed by atoms with E-state index in [1.807, 2.05) is 56.4 Å². The molecule has 0 N–H and O–H groups in total. The average Bonchev–Trinajstić information content (AvgIpc) is 2.66. The summed E-state index contributed by atoms with van der Waals surface area (Å²) in [5.41, 5.74) is 4.11. The second-order valence-electron chi connectivity index (χ2n) is 6.69. The van der Waals surface area contributed by atoms with E-state index in [-0.39, 0.29) is 5.78 Å². The number of anilines is 1. The highest BCUT2D eigenvalue weighted by atomic mass is 16.5. The second kappa shape index (κ2) is 8.09. The van der Waals surface area contributed by atoms with Crippen LogP contribution in [0, 0.1) is 13.8 Å². The molecule has 4 heteroatoms. The molecule has 1 fully saturated rings. The van der Waals surface area contributed by atoms with Crippen molar-refractivity contribution in [3.05, 3.63) is 71.4 Å². The Morgan fingerprint density at radius 3 is 2.46 bits per heavy atom. The third-order valence-electron chi connectivity index (χ3n) is 4.82. The van der Waals surface area contributed by atoms with Crippen LogP contribution in [0.2, 0.25) is 0 Å². The van der Waals surface area contributed by atoms with E-state index in [1.54, 1.807) is 13.2 Å². The molecule has 0 aliphatic carbocycles. The van der Waals surface area contributed by atoms with Crippen molar-refractivity contribution in [1.82, 2.24) is 4.90 Å². The summed E-state index contributed by atoms with van der Waals surface area (Å²) in [7, 11) is 1.70. The van der Waals surface area contributed by atoms with Crippen molar-refractivity contribution in [2.45, 2.75) is 13.8 Å². The van der Waals surface area contributed by atoms with Crippen molar-refractivity contribution >= 4 is 11.5 Å². The molecule has 136 valence electrons. The SMILES string of the molecule is COc1ccccc1N1CCN(C=CC(=O)c2ccc(C)cc2C)CC1. The van der Waals surface area contributed by atoms with Crippen LogP contribution in [0.5, 0.6) is 5.75 Å². The molecule has 1 aliphatic heterocycles. The van der Waals surface area contributed by atoms with Gasteiger partial charge in [0.25, 0.3) is 0 Å². The van der Waals surface area contributed by atoms with E-state index in [0.29, 0.717) is 0 Å². The summed E-state index contributed by atoms with van der Waals surface area (Å²) in [6.07, 6.45) is 3.62. The van der Waals surface area contributed by atoms with Crippen molar-refractivity contribution < 1.29 is 9.53 Å². The molecule has 0 radical (unpaired) electrons. The molecule has 0 bridgehead atoms. The number of carbonyl (C=O) groups excluding carboxylic acids is 1. The molecule has 1 saturated heterocycles.